The van der Waals surface area contributed by atoms with Gasteiger partial charge in [0, 0.05) is 6.20 Å². The number of hydrogen-bond acceptors (Lipinski definition) is 4. The van der Waals surface area contributed by atoms with E-state index in [0.29, 0.717) is 11.3 Å². The van der Waals surface area contributed by atoms with Crippen LogP contribution in [0.3, 0.4) is 0 Å². The Bertz CT molecular complexity index is 414. The highest BCUT2D eigenvalue weighted by molar-refractivity contribution is 5.52. The number of rotatable bonds is 4. The lowest BCUT2D eigenvalue weighted by molar-refractivity contribution is -0.386. The summed E-state index contributed by atoms with van der Waals surface area (Å²) in [6.07, 6.45) is 5.07. The van der Waals surface area contributed by atoms with Crippen LogP contribution >= 0.6 is 0 Å². The first-order valence-electron chi connectivity index (χ1n) is 5.38. The summed E-state index contributed by atoms with van der Waals surface area (Å²) >= 11 is 0. The first-order valence-corrected chi connectivity index (χ1v) is 5.38. The van der Waals surface area contributed by atoms with Crippen LogP contribution in [-0.4, -0.2) is 16.0 Å². The molecule has 0 amide bonds. The highest BCUT2D eigenvalue weighted by Gasteiger charge is 2.29. The normalized spacial score (nSPS) is 15.2. The minimum Gasteiger partial charge on any atom is -0.482 e. The van der Waals surface area contributed by atoms with Crippen molar-refractivity contribution in [2.24, 2.45) is 0 Å². The zero-order valence-corrected chi connectivity index (χ0v) is 9.34. The first-order chi connectivity index (χ1) is 7.59. The van der Waals surface area contributed by atoms with Crippen molar-refractivity contribution >= 4 is 5.69 Å². The highest BCUT2D eigenvalue weighted by atomic mass is 16.6. The average Bonchev–Trinajstić information content (AvgIpc) is 3.00. The fourth-order valence-corrected chi connectivity index (χ4v) is 1.52. The molecule has 0 atom stereocenters. The minimum atomic E-state index is -0.380. The molecule has 1 heterocycles. The molecule has 0 saturated heterocycles. The SMILES string of the molecule is CC(C)c1cncc(OC2CC2)c1[N+](=O)[O-]. The Morgan fingerprint density at radius 1 is 1.50 bits per heavy atom. The molecule has 0 unspecified atom stereocenters. The van der Waals surface area contributed by atoms with Crippen LogP contribution in [0.15, 0.2) is 12.4 Å². The van der Waals surface area contributed by atoms with E-state index < -0.39 is 0 Å². The van der Waals surface area contributed by atoms with E-state index in [2.05, 4.69) is 4.98 Å². The Balaban J connectivity index is 2.41. The van der Waals surface area contributed by atoms with Crippen LogP contribution in [0.25, 0.3) is 0 Å². The molecular weight excluding hydrogens is 208 g/mol. The number of nitrogens with zero attached hydrogens (tertiary/aromatic N) is 2. The van der Waals surface area contributed by atoms with E-state index in [1.54, 1.807) is 6.20 Å². The van der Waals surface area contributed by atoms with Gasteiger partial charge in [-0.3, -0.25) is 15.1 Å². The molecule has 5 nitrogen and oxygen atoms in total. The van der Waals surface area contributed by atoms with Gasteiger partial charge in [0.1, 0.15) is 0 Å². The molecule has 86 valence electrons. The number of pyridine rings is 1. The van der Waals surface area contributed by atoms with E-state index in [-0.39, 0.29) is 22.6 Å². The van der Waals surface area contributed by atoms with Crippen LogP contribution in [-0.2, 0) is 0 Å². The predicted octanol–water partition coefficient (Wildman–Crippen LogP) is 2.65. The number of ether oxygens (including phenoxy) is 1. The van der Waals surface area contributed by atoms with Crippen molar-refractivity contribution in [2.45, 2.75) is 38.7 Å². The van der Waals surface area contributed by atoms with Crippen molar-refractivity contribution in [2.75, 3.05) is 0 Å². The molecule has 0 aliphatic heterocycles. The first kappa shape index (κ1) is 10.9. The zero-order valence-electron chi connectivity index (χ0n) is 9.34. The predicted molar refractivity (Wildman–Crippen MR) is 58.6 cm³/mol. The van der Waals surface area contributed by atoms with E-state index in [0.717, 1.165) is 12.8 Å². The second-order valence-electron chi connectivity index (χ2n) is 4.30. The van der Waals surface area contributed by atoms with E-state index in [4.69, 9.17) is 4.74 Å². The quantitative estimate of drug-likeness (QED) is 0.580. The molecule has 16 heavy (non-hydrogen) atoms. The fourth-order valence-electron chi connectivity index (χ4n) is 1.52. The van der Waals surface area contributed by atoms with Gasteiger partial charge in [-0.25, -0.2) is 0 Å². The maximum atomic E-state index is 11.0. The summed E-state index contributed by atoms with van der Waals surface area (Å²) < 4.78 is 5.50. The number of aromatic nitrogens is 1. The molecule has 1 aromatic heterocycles. The van der Waals surface area contributed by atoms with E-state index >= 15 is 0 Å². The van der Waals surface area contributed by atoms with Crippen molar-refractivity contribution in [1.82, 2.24) is 4.98 Å². The molecule has 0 spiro atoms. The molecule has 1 aromatic rings. The molecular formula is C11H14N2O3. The Morgan fingerprint density at radius 2 is 2.19 bits per heavy atom. The Labute approximate surface area is 93.6 Å². The van der Waals surface area contributed by atoms with Crippen molar-refractivity contribution in [1.29, 1.82) is 0 Å². The molecule has 1 saturated carbocycles. The third-order valence-electron chi connectivity index (χ3n) is 2.53. The topological polar surface area (TPSA) is 65.3 Å². The van der Waals surface area contributed by atoms with Crippen LogP contribution in [0.5, 0.6) is 5.75 Å². The van der Waals surface area contributed by atoms with Gasteiger partial charge >= 0.3 is 5.69 Å². The van der Waals surface area contributed by atoms with Crippen molar-refractivity contribution in [3.63, 3.8) is 0 Å². The van der Waals surface area contributed by atoms with Gasteiger partial charge in [0.2, 0.25) is 5.75 Å². The van der Waals surface area contributed by atoms with Crippen LogP contribution < -0.4 is 4.74 Å². The standard InChI is InChI=1S/C11H14N2O3/c1-7(2)9-5-12-6-10(11(9)13(14)15)16-8-3-4-8/h5-8H,3-4H2,1-2H3. The summed E-state index contributed by atoms with van der Waals surface area (Å²) in [5.74, 6) is 0.370. The monoisotopic (exact) mass is 222 g/mol. The lowest BCUT2D eigenvalue weighted by Gasteiger charge is -2.10. The Hall–Kier alpha value is -1.65. The van der Waals surface area contributed by atoms with Crippen LogP contribution in [0.1, 0.15) is 38.2 Å². The van der Waals surface area contributed by atoms with E-state index in [1.165, 1.54) is 6.20 Å². The molecule has 0 aromatic carbocycles. The van der Waals surface area contributed by atoms with E-state index in [9.17, 15) is 10.1 Å². The second-order valence-corrected chi connectivity index (χ2v) is 4.30. The van der Waals surface area contributed by atoms with Crippen molar-refractivity contribution in [3.05, 3.63) is 28.1 Å². The average molecular weight is 222 g/mol. The van der Waals surface area contributed by atoms with Gasteiger partial charge in [0.05, 0.1) is 22.8 Å². The lowest BCUT2D eigenvalue weighted by atomic mass is 10.0. The van der Waals surface area contributed by atoms with Crippen LogP contribution in [0.2, 0.25) is 0 Å². The molecule has 1 aliphatic carbocycles. The number of hydrogen-bond donors (Lipinski definition) is 0. The maximum Gasteiger partial charge on any atom is 0.317 e. The van der Waals surface area contributed by atoms with Gasteiger partial charge in [0.25, 0.3) is 0 Å². The molecule has 0 bridgehead atoms. The highest BCUT2D eigenvalue weighted by Crippen LogP contribution is 2.37. The van der Waals surface area contributed by atoms with Gasteiger partial charge in [-0.2, -0.15) is 0 Å². The molecule has 5 heteroatoms. The Kier molecular flexibility index (Phi) is 2.77. The van der Waals surface area contributed by atoms with Gasteiger partial charge in [0.15, 0.2) is 0 Å². The summed E-state index contributed by atoms with van der Waals surface area (Å²) in [6, 6.07) is 0. The molecule has 2 rings (SSSR count). The third kappa shape index (κ3) is 2.13. The Morgan fingerprint density at radius 3 is 2.69 bits per heavy atom. The maximum absolute atomic E-state index is 11.0. The number of nitro groups is 1. The third-order valence-corrected chi connectivity index (χ3v) is 2.53. The molecule has 0 N–H and O–H groups in total. The van der Waals surface area contributed by atoms with Gasteiger partial charge < -0.3 is 4.74 Å². The summed E-state index contributed by atoms with van der Waals surface area (Å²) in [5.41, 5.74) is 0.694. The lowest BCUT2D eigenvalue weighted by Crippen LogP contribution is -2.04. The summed E-state index contributed by atoms with van der Waals surface area (Å²) in [7, 11) is 0. The summed E-state index contributed by atoms with van der Waals surface area (Å²) in [4.78, 5) is 14.7. The van der Waals surface area contributed by atoms with Crippen molar-refractivity contribution in [3.8, 4) is 5.75 Å². The van der Waals surface area contributed by atoms with Gasteiger partial charge in [-0.1, -0.05) is 13.8 Å². The largest absolute Gasteiger partial charge is 0.482 e. The van der Waals surface area contributed by atoms with E-state index in [1.807, 2.05) is 13.8 Å². The molecule has 1 fully saturated rings. The second kappa shape index (κ2) is 4.08. The molecule has 0 radical (unpaired) electrons. The summed E-state index contributed by atoms with van der Waals surface area (Å²) in [5, 5.41) is 11.0. The smallest absolute Gasteiger partial charge is 0.317 e. The zero-order chi connectivity index (χ0) is 11.7. The van der Waals surface area contributed by atoms with Crippen molar-refractivity contribution < 1.29 is 9.66 Å². The van der Waals surface area contributed by atoms with Crippen LogP contribution in [0.4, 0.5) is 5.69 Å². The molecule has 1 aliphatic rings. The van der Waals surface area contributed by atoms with Gasteiger partial charge in [-0.15, -0.1) is 0 Å². The van der Waals surface area contributed by atoms with Crippen LogP contribution in [0, 0.1) is 10.1 Å². The fraction of sp³-hybridized carbons (Fsp3) is 0.545. The summed E-state index contributed by atoms with van der Waals surface area (Å²) in [6.45, 7) is 3.82. The minimum absolute atomic E-state index is 0.0654. The van der Waals surface area contributed by atoms with Gasteiger partial charge in [-0.05, 0) is 18.8 Å².